The number of H-pyrrole nitrogens is 1. The number of nitrogens with one attached hydrogen (secondary N) is 2. The van der Waals surface area contributed by atoms with Crippen LogP contribution in [0.15, 0.2) is 87.8 Å². The summed E-state index contributed by atoms with van der Waals surface area (Å²) in [4.78, 5) is 19.3. The Hall–Kier alpha value is -4.97. The van der Waals surface area contributed by atoms with Crippen LogP contribution in [0.1, 0.15) is 5.56 Å². The summed E-state index contributed by atoms with van der Waals surface area (Å²) in [7, 11) is 0. The molecule has 9 nitrogen and oxygen atoms in total. The molecule has 4 aromatic rings. The van der Waals surface area contributed by atoms with E-state index in [1.54, 1.807) is 48.5 Å². The largest absolute Gasteiger partial charge is 0.506 e. The maximum absolute atomic E-state index is 12.4. The second kappa shape index (κ2) is 8.81. The number of rotatable bonds is 5. The number of aromatic nitrogens is 2. The van der Waals surface area contributed by atoms with Gasteiger partial charge >= 0.3 is 0 Å². The lowest BCUT2D eigenvalue weighted by molar-refractivity contribution is 0.474. The molecule has 0 aliphatic carbocycles. The monoisotopic (exact) mass is 424 g/mol. The molecule has 1 aromatic heterocycles. The van der Waals surface area contributed by atoms with Crippen molar-refractivity contribution in [2.24, 2.45) is 10.2 Å². The Morgan fingerprint density at radius 1 is 0.906 bits per heavy atom. The van der Waals surface area contributed by atoms with Crippen LogP contribution in [0.3, 0.4) is 0 Å². The van der Waals surface area contributed by atoms with Gasteiger partial charge in [-0.25, -0.2) is 4.98 Å². The molecule has 1 heterocycles. The van der Waals surface area contributed by atoms with Crippen LogP contribution in [-0.2, 0) is 0 Å². The second-order valence-electron chi connectivity index (χ2n) is 6.63. The number of aromatic hydroxyl groups is 2. The highest BCUT2D eigenvalue weighted by Gasteiger charge is 2.13. The topological polar surface area (TPSA) is 147 Å². The molecule has 4 rings (SSSR count). The first kappa shape index (κ1) is 20.3. The molecule has 0 bridgehead atoms. The molecule has 32 heavy (non-hydrogen) atoms. The number of azo groups is 1. The van der Waals surface area contributed by atoms with E-state index in [4.69, 9.17) is 0 Å². The molecule has 3 aromatic carbocycles. The molecule has 0 fully saturated rings. The quantitative estimate of drug-likeness (QED) is 0.265. The molecule has 156 valence electrons. The molecule has 9 heteroatoms. The molecule has 0 saturated heterocycles. The van der Waals surface area contributed by atoms with Gasteiger partial charge in [0.2, 0.25) is 5.95 Å². The molecule has 0 radical (unpaired) electrons. The summed E-state index contributed by atoms with van der Waals surface area (Å²) < 4.78 is 0. The van der Waals surface area contributed by atoms with Gasteiger partial charge in [0, 0.05) is 11.3 Å². The fourth-order valence-corrected chi connectivity index (χ4v) is 2.92. The number of benzene rings is 3. The fraction of sp³-hybridized carbons (Fsp3) is 0. The van der Waals surface area contributed by atoms with Crippen molar-refractivity contribution in [2.75, 3.05) is 5.32 Å². The van der Waals surface area contributed by atoms with Crippen LogP contribution < -0.4 is 10.9 Å². The third-order valence-corrected chi connectivity index (χ3v) is 4.46. The average Bonchev–Trinajstić information content (AvgIpc) is 2.80. The highest BCUT2D eigenvalue weighted by molar-refractivity contribution is 5.69. The van der Waals surface area contributed by atoms with E-state index in [-0.39, 0.29) is 40.1 Å². The molecule has 0 atom stereocenters. The predicted molar refractivity (Wildman–Crippen MR) is 119 cm³/mol. The smallest absolute Gasteiger partial charge is 0.270 e. The number of nitrogens with zero attached hydrogens (tertiary/aromatic N) is 4. The van der Waals surface area contributed by atoms with E-state index in [2.05, 4.69) is 25.5 Å². The van der Waals surface area contributed by atoms with Crippen LogP contribution in [0.5, 0.6) is 11.5 Å². The summed E-state index contributed by atoms with van der Waals surface area (Å²) in [6, 6.07) is 21.7. The van der Waals surface area contributed by atoms with Crippen molar-refractivity contribution in [3.63, 3.8) is 0 Å². The highest BCUT2D eigenvalue weighted by atomic mass is 16.3. The predicted octanol–water partition coefficient (Wildman–Crippen LogP) is 4.88. The number of hydrogen-bond donors (Lipinski definition) is 4. The van der Waals surface area contributed by atoms with Crippen molar-refractivity contribution < 1.29 is 10.2 Å². The summed E-state index contributed by atoms with van der Waals surface area (Å²) in [6.45, 7) is 0. The number of anilines is 2. The van der Waals surface area contributed by atoms with Crippen molar-refractivity contribution in [2.45, 2.75) is 0 Å². The zero-order chi connectivity index (χ0) is 22.5. The molecule has 4 N–H and O–H groups in total. The molecular formula is C23H16N6O3. The maximum Gasteiger partial charge on any atom is 0.270 e. The minimum absolute atomic E-state index is 0.0437. The Kier molecular flexibility index (Phi) is 5.59. The van der Waals surface area contributed by atoms with Gasteiger partial charge in [0.15, 0.2) is 0 Å². The summed E-state index contributed by atoms with van der Waals surface area (Å²) >= 11 is 0. The Morgan fingerprint density at radius 3 is 2.34 bits per heavy atom. The van der Waals surface area contributed by atoms with Crippen molar-refractivity contribution in [1.29, 1.82) is 5.26 Å². The summed E-state index contributed by atoms with van der Waals surface area (Å²) in [5, 5.41) is 40.2. The Labute approximate surface area is 182 Å². The minimum atomic E-state index is -0.581. The highest BCUT2D eigenvalue weighted by Crippen LogP contribution is 2.33. The Morgan fingerprint density at radius 2 is 1.59 bits per heavy atom. The van der Waals surface area contributed by atoms with Crippen LogP contribution in [0.4, 0.5) is 23.0 Å². The third-order valence-electron chi connectivity index (χ3n) is 4.46. The number of phenolic OH excluding ortho intramolecular Hbond substituents is 2. The van der Waals surface area contributed by atoms with Crippen molar-refractivity contribution in [1.82, 2.24) is 9.97 Å². The first-order valence-electron chi connectivity index (χ1n) is 9.45. The van der Waals surface area contributed by atoms with E-state index in [1.165, 1.54) is 18.2 Å². The van der Waals surface area contributed by atoms with Crippen molar-refractivity contribution >= 4 is 23.0 Å². The van der Waals surface area contributed by atoms with Gasteiger partial charge in [-0.05, 0) is 30.3 Å². The lowest BCUT2D eigenvalue weighted by atomic mass is 10.1. The van der Waals surface area contributed by atoms with E-state index < -0.39 is 5.56 Å². The van der Waals surface area contributed by atoms with Gasteiger partial charge in [-0.2, -0.15) is 5.26 Å². The number of para-hydroxylation sites is 1. The van der Waals surface area contributed by atoms with Gasteiger partial charge in [0.1, 0.15) is 34.5 Å². The molecule has 0 aliphatic rings. The number of phenols is 2. The summed E-state index contributed by atoms with van der Waals surface area (Å²) in [5.41, 5.74) is 1.04. The van der Waals surface area contributed by atoms with Gasteiger partial charge in [-0.15, -0.1) is 10.2 Å². The fourth-order valence-electron chi connectivity index (χ4n) is 2.92. The number of aromatic amines is 1. The Bertz CT molecular complexity index is 1410. The summed E-state index contributed by atoms with van der Waals surface area (Å²) in [5.74, 6) is -0.0547. The molecule has 0 aliphatic heterocycles. The van der Waals surface area contributed by atoms with Crippen LogP contribution in [-0.4, -0.2) is 20.2 Å². The molecule has 0 saturated carbocycles. The molecule has 0 spiro atoms. The maximum atomic E-state index is 12.4. The van der Waals surface area contributed by atoms with E-state index in [0.717, 1.165) is 0 Å². The minimum Gasteiger partial charge on any atom is -0.506 e. The SMILES string of the molecule is N#Cc1c(-c2ccccc2)nc(Nc2ccc(O)c(N=Nc3ccccc3O)c2)[nH]c1=O. The number of nitriles is 1. The van der Waals surface area contributed by atoms with E-state index in [1.807, 2.05) is 12.1 Å². The summed E-state index contributed by atoms with van der Waals surface area (Å²) in [6.07, 6.45) is 0. The van der Waals surface area contributed by atoms with Gasteiger partial charge in [-0.3, -0.25) is 9.78 Å². The van der Waals surface area contributed by atoms with Crippen LogP contribution >= 0.6 is 0 Å². The van der Waals surface area contributed by atoms with Crippen molar-refractivity contribution in [3.8, 4) is 28.8 Å². The van der Waals surface area contributed by atoms with Gasteiger partial charge in [0.05, 0.1) is 5.69 Å². The second-order valence-corrected chi connectivity index (χ2v) is 6.63. The number of hydrogen-bond acceptors (Lipinski definition) is 8. The molecular weight excluding hydrogens is 408 g/mol. The molecule has 0 unspecified atom stereocenters. The van der Waals surface area contributed by atoms with Gasteiger partial charge in [0.25, 0.3) is 5.56 Å². The normalized spacial score (nSPS) is 10.7. The zero-order valence-corrected chi connectivity index (χ0v) is 16.5. The zero-order valence-electron chi connectivity index (χ0n) is 16.5. The lowest BCUT2D eigenvalue weighted by Gasteiger charge is -2.09. The van der Waals surface area contributed by atoms with Gasteiger partial charge < -0.3 is 15.5 Å². The van der Waals surface area contributed by atoms with Gasteiger partial charge in [-0.1, -0.05) is 42.5 Å². The molecule has 0 amide bonds. The first-order valence-corrected chi connectivity index (χ1v) is 9.45. The van der Waals surface area contributed by atoms with E-state index in [9.17, 15) is 20.3 Å². The van der Waals surface area contributed by atoms with Crippen LogP contribution in [0.25, 0.3) is 11.3 Å². The van der Waals surface area contributed by atoms with Crippen LogP contribution in [0.2, 0.25) is 0 Å². The van der Waals surface area contributed by atoms with E-state index >= 15 is 0 Å². The Balaban J connectivity index is 1.67. The van der Waals surface area contributed by atoms with Crippen LogP contribution in [0, 0.1) is 11.3 Å². The standard InChI is InChI=1S/C23H16N6O3/c24-13-16-21(14-6-2-1-3-7-14)26-23(27-22(16)32)25-15-10-11-20(31)18(12-15)29-28-17-8-4-5-9-19(17)30/h1-12,30-31H,(H2,25,26,27,32). The lowest BCUT2D eigenvalue weighted by Crippen LogP contribution is -2.16. The first-order chi connectivity index (χ1) is 15.5. The van der Waals surface area contributed by atoms with Crippen molar-refractivity contribution in [3.05, 3.63) is 88.7 Å². The van der Waals surface area contributed by atoms with E-state index in [0.29, 0.717) is 11.3 Å². The average molecular weight is 424 g/mol. The third kappa shape index (κ3) is 4.29.